The minimum Gasteiger partial charge on any atom is -0.375 e. The van der Waals surface area contributed by atoms with Gasteiger partial charge in [-0.15, -0.1) is 0 Å². The average molecular weight is 569 g/mol. The Hall–Kier alpha value is -0.280. The molecule has 0 aromatic rings. The monoisotopic (exact) mass is 568 g/mol. The molecule has 0 spiro atoms. The van der Waals surface area contributed by atoms with Gasteiger partial charge in [0.05, 0.1) is 44.2 Å². The van der Waals surface area contributed by atoms with E-state index in [4.69, 9.17) is 28.6 Å². The van der Waals surface area contributed by atoms with Gasteiger partial charge in [-0.25, -0.2) is 4.89 Å². The van der Waals surface area contributed by atoms with E-state index in [9.17, 15) is 5.26 Å². The highest BCUT2D eigenvalue weighted by atomic mass is 17.1. The second kappa shape index (κ2) is 13.2. The van der Waals surface area contributed by atoms with E-state index in [1.165, 1.54) is 38.5 Å². The van der Waals surface area contributed by atoms with Crippen LogP contribution in [0, 0.1) is 40.4 Å². The second-order valence-electron chi connectivity index (χ2n) is 15.8. The molecule has 2 saturated carbocycles. The molecule has 4 fully saturated rings. The van der Waals surface area contributed by atoms with Crippen molar-refractivity contribution >= 4 is 0 Å². The zero-order valence-corrected chi connectivity index (χ0v) is 26.8. The topological polar surface area (TPSA) is 82.2 Å². The van der Waals surface area contributed by atoms with Gasteiger partial charge in [-0.3, -0.25) is 5.26 Å². The number of hydrogen-bond donors (Lipinski definition) is 1. The zero-order valence-electron chi connectivity index (χ0n) is 26.8. The predicted octanol–water partition coefficient (Wildman–Crippen LogP) is 7.12. The van der Waals surface area contributed by atoms with Crippen molar-refractivity contribution in [2.45, 2.75) is 130 Å². The van der Waals surface area contributed by atoms with E-state index in [0.717, 1.165) is 39.3 Å². The second-order valence-corrected chi connectivity index (χ2v) is 15.8. The molecule has 0 radical (unpaired) electrons. The Morgan fingerprint density at radius 3 is 1.68 bits per heavy atom. The van der Waals surface area contributed by atoms with E-state index >= 15 is 0 Å². The molecule has 0 aromatic heterocycles. The highest BCUT2D eigenvalue weighted by Gasteiger charge is 2.45. The van der Waals surface area contributed by atoms with Gasteiger partial charge < -0.3 is 23.7 Å². The molecule has 2 heterocycles. The SMILES string of the molecule is CC(C)(COC1CO1)C1CCC(C(C)(C)C(COO)COC(C)(C)C2CCC(C(C)(C)OCC3CO3)CC2)CC1. The van der Waals surface area contributed by atoms with E-state index in [1.54, 1.807) is 0 Å². The lowest BCUT2D eigenvalue weighted by molar-refractivity contribution is -0.265. The fraction of sp³-hybridized carbons (Fsp3) is 1.00. The maximum atomic E-state index is 9.52. The molecule has 7 nitrogen and oxygen atoms in total. The van der Waals surface area contributed by atoms with Crippen LogP contribution < -0.4 is 0 Å². The van der Waals surface area contributed by atoms with Crippen LogP contribution in [0.5, 0.6) is 0 Å². The number of ether oxygens (including phenoxy) is 5. The maximum Gasteiger partial charge on any atom is 0.181 e. The highest BCUT2D eigenvalue weighted by Crippen LogP contribution is 2.49. The third-order valence-corrected chi connectivity index (χ3v) is 11.6. The van der Waals surface area contributed by atoms with Gasteiger partial charge in [-0.05, 0) is 114 Å². The molecule has 2 aliphatic carbocycles. The molecular formula is C33H60O7. The maximum absolute atomic E-state index is 9.52. The Morgan fingerprint density at radius 1 is 0.675 bits per heavy atom. The Balaban J connectivity index is 1.25. The van der Waals surface area contributed by atoms with Crippen molar-refractivity contribution in [1.29, 1.82) is 0 Å². The van der Waals surface area contributed by atoms with Gasteiger partial charge in [0, 0.05) is 5.92 Å². The average Bonchev–Trinajstić information content (AvgIpc) is 3.84. The van der Waals surface area contributed by atoms with Crippen LogP contribution >= 0.6 is 0 Å². The molecule has 4 rings (SSSR count). The smallest absolute Gasteiger partial charge is 0.181 e. The van der Waals surface area contributed by atoms with Crippen molar-refractivity contribution in [3.05, 3.63) is 0 Å². The standard InChI is InChI=1S/C33H60O7/c1-30(2,22-37-29-21-36-29)23-9-11-24(12-10-23)31(3,4)27(18-40-34)17-38-32(5,6)25-13-15-26(16-14-25)33(7,8)39-20-28-19-35-28/h23-29,34H,9-22H2,1-8H3. The van der Waals surface area contributed by atoms with Gasteiger partial charge in [0.2, 0.25) is 0 Å². The molecule has 0 amide bonds. The summed E-state index contributed by atoms with van der Waals surface area (Å²) in [6, 6.07) is 0. The van der Waals surface area contributed by atoms with Crippen LogP contribution in [-0.2, 0) is 28.6 Å². The number of epoxide rings is 2. The minimum absolute atomic E-state index is 0.0105. The minimum atomic E-state index is -0.214. The van der Waals surface area contributed by atoms with Crippen LogP contribution in [0.3, 0.4) is 0 Å². The van der Waals surface area contributed by atoms with Crippen LogP contribution in [0.2, 0.25) is 0 Å². The molecule has 4 aliphatic rings. The lowest BCUT2D eigenvalue weighted by atomic mass is 9.60. The van der Waals surface area contributed by atoms with Crippen molar-refractivity contribution in [3.63, 3.8) is 0 Å². The molecule has 3 unspecified atom stereocenters. The molecule has 7 heteroatoms. The summed E-state index contributed by atoms with van der Waals surface area (Å²) < 4.78 is 29.5. The first kappa shape index (κ1) is 32.6. The highest BCUT2D eigenvalue weighted by molar-refractivity contribution is 4.93. The first-order valence-corrected chi connectivity index (χ1v) is 16.1. The summed E-state index contributed by atoms with van der Waals surface area (Å²) >= 11 is 0. The van der Waals surface area contributed by atoms with Crippen LogP contribution in [0.1, 0.15) is 107 Å². The molecule has 0 bridgehead atoms. The summed E-state index contributed by atoms with van der Waals surface area (Å²) in [5.41, 5.74) is -0.151. The summed E-state index contributed by atoms with van der Waals surface area (Å²) in [6.45, 7) is 22.4. The van der Waals surface area contributed by atoms with Crippen molar-refractivity contribution in [2.75, 3.05) is 39.6 Å². The molecule has 1 N–H and O–H groups in total. The molecule has 234 valence electrons. The van der Waals surface area contributed by atoms with Crippen LogP contribution in [0.4, 0.5) is 0 Å². The van der Waals surface area contributed by atoms with E-state index in [1.807, 2.05) is 0 Å². The van der Waals surface area contributed by atoms with E-state index in [2.05, 4.69) is 55.4 Å². The van der Waals surface area contributed by atoms with Crippen LogP contribution in [-0.4, -0.2) is 68.5 Å². The first-order chi connectivity index (χ1) is 18.7. The molecule has 40 heavy (non-hydrogen) atoms. The van der Waals surface area contributed by atoms with Crippen LogP contribution in [0.15, 0.2) is 0 Å². The first-order valence-electron chi connectivity index (χ1n) is 16.1. The van der Waals surface area contributed by atoms with E-state index < -0.39 is 0 Å². The lowest BCUT2D eigenvalue weighted by Crippen LogP contribution is -2.45. The number of rotatable bonds is 16. The Kier molecular flexibility index (Phi) is 10.7. The van der Waals surface area contributed by atoms with Gasteiger partial charge >= 0.3 is 0 Å². The molecule has 3 atom stereocenters. The zero-order chi connectivity index (χ0) is 29.2. The van der Waals surface area contributed by atoms with Gasteiger partial charge in [0.1, 0.15) is 12.7 Å². The summed E-state index contributed by atoms with van der Waals surface area (Å²) in [7, 11) is 0. The van der Waals surface area contributed by atoms with Gasteiger partial charge in [0.25, 0.3) is 0 Å². The van der Waals surface area contributed by atoms with Crippen molar-refractivity contribution in [1.82, 2.24) is 0 Å². The van der Waals surface area contributed by atoms with Gasteiger partial charge in [-0.1, -0.05) is 27.7 Å². The van der Waals surface area contributed by atoms with Crippen LogP contribution in [0.25, 0.3) is 0 Å². The molecule has 0 aromatic carbocycles. The molecule has 2 aliphatic heterocycles. The quantitative estimate of drug-likeness (QED) is 0.121. The summed E-state index contributed by atoms with van der Waals surface area (Å²) in [5.74, 6) is 2.47. The Morgan fingerprint density at radius 2 is 1.18 bits per heavy atom. The number of hydrogen-bond acceptors (Lipinski definition) is 7. The Bertz CT molecular complexity index is 770. The fourth-order valence-electron chi connectivity index (χ4n) is 7.59. The summed E-state index contributed by atoms with van der Waals surface area (Å²) in [4.78, 5) is 4.79. The predicted molar refractivity (Wildman–Crippen MR) is 156 cm³/mol. The van der Waals surface area contributed by atoms with E-state index in [-0.39, 0.29) is 34.2 Å². The third kappa shape index (κ3) is 8.64. The van der Waals surface area contributed by atoms with E-state index in [0.29, 0.717) is 43.0 Å². The largest absolute Gasteiger partial charge is 0.375 e. The van der Waals surface area contributed by atoms with Gasteiger partial charge in [0.15, 0.2) is 6.29 Å². The van der Waals surface area contributed by atoms with Crippen molar-refractivity contribution in [2.24, 2.45) is 40.4 Å². The fourth-order valence-corrected chi connectivity index (χ4v) is 7.59. The summed E-state index contributed by atoms with van der Waals surface area (Å²) in [6.07, 6.45) is 9.82. The third-order valence-electron chi connectivity index (χ3n) is 11.6. The molecular weight excluding hydrogens is 508 g/mol. The lowest BCUT2D eigenvalue weighted by Gasteiger charge is -2.48. The normalized spacial score (nSPS) is 32.6. The Labute approximate surface area is 244 Å². The van der Waals surface area contributed by atoms with Crippen molar-refractivity contribution in [3.8, 4) is 0 Å². The van der Waals surface area contributed by atoms with Gasteiger partial charge in [-0.2, -0.15) is 0 Å². The van der Waals surface area contributed by atoms with Crippen molar-refractivity contribution < 1.29 is 33.8 Å². The molecule has 2 saturated heterocycles. The summed E-state index contributed by atoms with van der Waals surface area (Å²) in [5, 5.41) is 9.52.